The highest BCUT2D eigenvalue weighted by molar-refractivity contribution is 5.92. The van der Waals surface area contributed by atoms with Gasteiger partial charge in [-0.25, -0.2) is 0 Å². The number of piperidine rings is 1. The summed E-state index contributed by atoms with van der Waals surface area (Å²) in [6.07, 6.45) is 5.35. The molecule has 0 unspecified atom stereocenters. The zero-order valence-electron chi connectivity index (χ0n) is 16.4. The molecule has 7 heteroatoms. The van der Waals surface area contributed by atoms with E-state index in [1.165, 1.54) is 4.90 Å². The molecule has 1 atom stereocenters. The first-order valence-corrected chi connectivity index (χ1v) is 9.03. The fraction of sp³-hybridized carbons (Fsp3) is 0.632. The quantitative estimate of drug-likeness (QED) is 0.800. The fourth-order valence-electron chi connectivity index (χ4n) is 3.36. The molecule has 1 aliphatic rings. The number of hydrogen-bond acceptors (Lipinski definition) is 4. The van der Waals surface area contributed by atoms with Crippen molar-refractivity contribution < 1.29 is 14.7 Å². The number of carbonyl (C=O) groups is 2. The second-order valence-electron chi connectivity index (χ2n) is 7.42. The summed E-state index contributed by atoms with van der Waals surface area (Å²) in [7, 11) is 5.29. The second-order valence-corrected chi connectivity index (χ2v) is 7.42. The molecule has 0 bridgehead atoms. The molecule has 0 aromatic carbocycles. The van der Waals surface area contributed by atoms with Crippen LogP contribution < -0.4 is 0 Å². The number of β-amino-alcohol motifs (C(OH)–C–C–N with tert-alkyl or cyclic N) is 1. The van der Waals surface area contributed by atoms with Crippen molar-refractivity contribution in [3.05, 3.63) is 23.0 Å². The average molecular weight is 362 g/mol. The van der Waals surface area contributed by atoms with Crippen molar-refractivity contribution in [3.63, 3.8) is 0 Å². The summed E-state index contributed by atoms with van der Waals surface area (Å²) >= 11 is 0. The molecule has 144 valence electrons. The van der Waals surface area contributed by atoms with Gasteiger partial charge in [-0.2, -0.15) is 5.10 Å². The first-order valence-electron chi connectivity index (χ1n) is 9.03. The van der Waals surface area contributed by atoms with Crippen molar-refractivity contribution >= 4 is 17.9 Å². The molecular formula is C19H30N4O3. The van der Waals surface area contributed by atoms with Crippen molar-refractivity contribution in [2.75, 3.05) is 27.2 Å². The number of aryl methyl sites for hydroxylation is 2. The Morgan fingerprint density at radius 3 is 2.62 bits per heavy atom. The van der Waals surface area contributed by atoms with Gasteiger partial charge in [-0.05, 0) is 39.2 Å². The summed E-state index contributed by atoms with van der Waals surface area (Å²) in [5.74, 6) is -0.131. The van der Waals surface area contributed by atoms with E-state index in [2.05, 4.69) is 5.10 Å². The molecule has 1 aromatic rings. The van der Waals surface area contributed by atoms with E-state index in [9.17, 15) is 14.7 Å². The molecule has 1 N–H and O–H groups in total. The molecule has 7 nitrogen and oxygen atoms in total. The van der Waals surface area contributed by atoms with E-state index in [0.717, 1.165) is 23.4 Å². The Hall–Kier alpha value is -2.15. The average Bonchev–Trinajstić information content (AvgIpc) is 2.82. The Bertz CT molecular complexity index is 708. The predicted molar refractivity (Wildman–Crippen MR) is 100 cm³/mol. The number of likely N-dealkylation sites (tertiary alicyclic amines) is 1. The second kappa shape index (κ2) is 8.03. The zero-order valence-corrected chi connectivity index (χ0v) is 16.4. The fourth-order valence-corrected chi connectivity index (χ4v) is 3.36. The summed E-state index contributed by atoms with van der Waals surface area (Å²) in [5, 5.41) is 15.1. The third-order valence-electron chi connectivity index (χ3n) is 5.13. The number of aliphatic hydroxyl groups is 1. The van der Waals surface area contributed by atoms with E-state index >= 15 is 0 Å². The normalized spacial score (nSPS) is 20.6. The Morgan fingerprint density at radius 2 is 2.04 bits per heavy atom. The van der Waals surface area contributed by atoms with Crippen LogP contribution in [0.5, 0.6) is 0 Å². The molecule has 0 aliphatic carbocycles. The standard InChI is InChI=1S/C19H30N4O3/c1-14-16(15(2)22(5)20-14)7-8-18(25)23-12-6-10-19(26,13-23)11-9-17(24)21(3)4/h7-8,26H,6,9-13H2,1-5H3/b8-7+/t19-/m0/s1. The maximum atomic E-state index is 12.6. The van der Waals surface area contributed by atoms with E-state index < -0.39 is 5.60 Å². The van der Waals surface area contributed by atoms with Crippen LogP contribution >= 0.6 is 0 Å². The van der Waals surface area contributed by atoms with Crippen LogP contribution in [0.25, 0.3) is 6.08 Å². The van der Waals surface area contributed by atoms with Gasteiger partial charge in [0.15, 0.2) is 0 Å². The minimum absolute atomic E-state index is 0.00991. The monoisotopic (exact) mass is 362 g/mol. The van der Waals surface area contributed by atoms with E-state index in [1.54, 1.807) is 35.8 Å². The molecule has 0 saturated carbocycles. The maximum absolute atomic E-state index is 12.6. The number of nitrogens with zero attached hydrogens (tertiary/aromatic N) is 4. The molecule has 0 radical (unpaired) electrons. The highest BCUT2D eigenvalue weighted by Crippen LogP contribution is 2.26. The molecule has 1 saturated heterocycles. The summed E-state index contributed by atoms with van der Waals surface area (Å²) in [6.45, 7) is 4.77. The van der Waals surface area contributed by atoms with Gasteiger partial charge in [0.1, 0.15) is 0 Å². The van der Waals surface area contributed by atoms with Crippen LogP contribution in [0.1, 0.15) is 42.6 Å². The van der Waals surface area contributed by atoms with Crippen LogP contribution in [0.4, 0.5) is 0 Å². The number of carbonyl (C=O) groups excluding carboxylic acids is 2. The lowest BCUT2D eigenvalue weighted by Gasteiger charge is -2.39. The van der Waals surface area contributed by atoms with Crippen molar-refractivity contribution in [2.24, 2.45) is 7.05 Å². The Morgan fingerprint density at radius 1 is 1.35 bits per heavy atom. The summed E-state index contributed by atoms with van der Waals surface area (Å²) in [6, 6.07) is 0. The Balaban J connectivity index is 2.00. The van der Waals surface area contributed by atoms with Crippen LogP contribution in [0.2, 0.25) is 0 Å². The molecule has 2 heterocycles. The summed E-state index contributed by atoms with van der Waals surface area (Å²) in [5.41, 5.74) is 1.84. The molecule has 1 aromatic heterocycles. The lowest BCUT2D eigenvalue weighted by atomic mass is 9.88. The summed E-state index contributed by atoms with van der Waals surface area (Å²) < 4.78 is 1.79. The van der Waals surface area contributed by atoms with Gasteiger partial charge in [-0.1, -0.05) is 0 Å². The van der Waals surface area contributed by atoms with Crippen LogP contribution in [0.15, 0.2) is 6.08 Å². The van der Waals surface area contributed by atoms with Crippen LogP contribution in [-0.4, -0.2) is 69.3 Å². The van der Waals surface area contributed by atoms with E-state index in [4.69, 9.17) is 0 Å². The minimum atomic E-state index is -0.993. The molecule has 0 spiro atoms. The van der Waals surface area contributed by atoms with Crippen LogP contribution in [0, 0.1) is 13.8 Å². The molecule has 2 amide bonds. The SMILES string of the molecule is Cc1nn(C)c(C)c1/C=C/C(=O)N1CCC[C@](O)(CCC(=O)N(C)C)C1. The predicted octanol–water partition coefficient (Wildman–Crippen LogP) is 1.27. The number of hydrogen-bond donors (Lipinski definition) is 1. The van der Waals surface area contributed by atoms with Gasteiger partial charge >= 0.3 is 0 Å². The van der Waals surface area contributed by atoms with Gasteiger partial charge in [0.25, 0.3) is 0 Å². The third kappa shape index (κ3) is 4.72. The lowest BCUT2D eigenvalue weighted by Crippen LogP contribution is -2.50. The van der Waals surface area contributed by atoms with Gasteiger partial charge in [0.2, 0.25) is 11.8 Å². The molecule has 1 fully saturated rings. The number of aromatic nitrogens is 2. The smallest absolute Gasteiger partial charge is 0.246 e. The first-order chi connectivity index (χ1) is 12.1. The number of amides is 2. The first kappa shape index (κ1) is 20.2. The maximum Gasteiger partial charge on any atom is 0.246 e. The third-order valence-corrected chi connectivity index (χ3v) is 5.13. The van der Waals surface area contributed by atoms with E-state index in [1.807, 2.05) is 20.9 Å². The van der Waals surface area contributed by atoms with Crippen molar-refractivity contribution in [2.45, 2.75) is 45.1 Å². The van der Waals surface area contributed by atoms with E-state index in [-0.39, 0.29) is 24.8 Å². The summed E-state index contributed by atoms with van der Waals surface area (Å²) in [4.78, 5) is 27.5. The van der Waals surface area contributed by atoms with Gasteiger partial charge in [0.05, 0.1) is 11.3 Å². The molecular weight excluding hydrogens is 332 g/mol. The van der Waals surface area contributed by atoms with Crippen molar-refractivity contribution in [1.82, 2.24) is 19.6 Å². The minimum Gasteiger partial charge on any atom is -0.388 e. The largest absolute Gasteiger partial charge is 0.388 e. The Kier molecular flexibility index (Phi) is 6.23. The van der Waals surface area contributed by atoms with E-state index in [0.29, 0.717) is 19.4 Å². The number of rotatable bonds is 5. The lowest BCUT2D eigenvalue weighted by molar-refractivity contribution is -0.135. The van der Waals surface area contributed by atoms with Crippen molar-refractivity contribution in [1.29, 1.82) is 0 Å². The van der Waals surface area contributed by atoms with Gasteiger partial charge in [-0.15, -0.1) is 0 Å². The molecule has 1 aliphatic heterocycles. The van der Waals surface area contributed by atoms with Gasteiger partial charge in [0, 0.05) is 58.0 Å². The highest BCUT2D eigenvalue weighted by Gasteiger charge is 2.35. The van der Waals surface area contributed by atoms with Crippen LogP contribution in [-0.2, 0) is 16.6 Å². The van der Waals surface area contributed by atoms with Crippen LogP contribution in [0.3, 0.4) is 0 Å². The zero-order chi connectivity index (χ0) is 19.5. The van der Waals surface area contributed by atoms with Crippen molar-refractivity contribution in [3.8, 4) is 0 Å². The Labute approximate surface area is 155 Å². The topological polar surface area (TPSA) is 78.7 Å². The molecule has 26 heavy (non-hydrogen) atoms. The van der Waals surface area contributed by atoms with Gasteiger partial charge < -0.3 is 14.9 Å². The van der Waals surface area contributed by atoms with Gasteiger partial charge in [-0.3, -0.25) is 14.3 Å². The molecule has 2 rings (SSSR count). The highest BCUT2D eigenvalue weighted by atomic mass is 16.3.